The van der Waals surface area contributed by atoms with Crippen molar-refractivity contribution in [1.82, 2.24) is 0 Å². The van der Waals surface area contributed by atoms with Crippen LogP contribution in [0.5, 0.6) is 0 Å². The van der Waals surface area contributed by atoms with Crippen LogP contribution in [0.2, 0.25) is 0 Å². The summed E-state index contributed by atoms with van der Waals surface area (Å²) in [7, 11) is 0. The summed E-state index contributed by atoms with van der Waals surface area (Å²) in [6.07, 6.45) is 4.37. The third-order valence-electron chi connectivity index (χ3n) is 3.73. The van der Waals surface area contributed by atoms with Crippen LogP contribution in [0.25, 0.3) is 0 Å². The molecule has 0 aliphatic carbocycles. The summed E-state index contributed by atoms with van der Waals surface area (Å²) in [4.78, 5) is 0. The lowest BCUT2D eigenvalue weighted by Crippen LogP contribution is -1.90. The van der Waals surface area contributed by atoms with Crippen LogP contribution in [0.3, 0.4) is 0 Å². The molecule has 1 heteroatoms. The summed E-state index contributed by atoms with van der Waals surface area (Å²) >= 11 is 0. The molecule has 0 N–H and O–H groups in total. The fourth-order valence-electron chi connectivity index (χ4n) is 2.29. The van der Waals surface area contributed by atoms with E-state index in [1.807, 2.05) is 24.3 Å². The molecular formula is C21H21N. The molecule has 2 rings (SSSR count). The Kier molecular flexibility index (Phi) is 5.81. The van der Waals surface area contributed by atoms with Gasteiger partial charge in [0.25, 0.3) is 0 Å². The number of hydrogen-bond donors (Lipinski definition) is 0. The molecule has 110 valence electrons. The van der Waals surface area contributed by atoms with Crippen molar-refractivity contribution in [3.05, 3.63) is 70.3 Å². The van der Waals surface area contributed by atoms with E-state index >= 15 is 0 Å². The first kappa shape index (κ1) is 15.9. The van der Waals surface area contributed by atoms with Gasteiger partial charge in [-0.1, -0.05) is 50.3 Å². The van der Waals surface area contributed by atoms with Crippen LogP contribution in [0.4, 0.5) is 0 Å². The molecule has 0 radical (unpaired) electrons. The summed E-state index contributed by atoms with van der Waals surface area (Å²) in [5.74, 6) is 6.28. The number of nitrogens with zero attached hydrogens (tertiary/aromatic N) is 1. The number of benzene rings is 2. The summed E-state index contributed by atoms with van der Waals surface area (Å²) in [6.45, 7) is 4.31. The highest BCUT2D eigenvalue weighted by atomic mass is 14.2. The van der Waals surface area contributed by atoms with Gasteiger partial charge < -0.3 is 0 Å². The van der Waals surface area contributed by atoms with E-state index in [1.165, 1.54) is 11.1 Å². The Labute approximate surface area is 133 Å². The molecule has 0 aromatic heterocycles. The first-order valence-corrected chi connectivity index (χ1v) is 7.90. The van der Waals surface area contributed by atoms with Gasteiger partial charge in [0.05, 0.1) is 5.56 Å². The molecule has 0 atom stereocenters. The monoisotopic (exact) mass is 287 g/mol. The minimum Gasteiger partial charge on any atom is -0.192 e. The number of aryl methyl sites for hydroxylation is 2. The average molecular weight is 287 g/mol. The van der Waals surface area contributed by atoms with Crippen LogP contribution in [0.15, 0.2) is 42.5 Å². The Balaban J connectivity index is 2.22. The number of nitriles is 1. The largest absolute Gasteiger partial charge is 0.192 e. The van der Waals surface area contributed by atoms with Crippen LogP contribution in [-0.4, -0.2) is 0 Å². The highest BCUT2D eigenvalue weighted by Gasteiger charge is 2.01. The summed E-state index contributed by atoms with van der Waals surface area (Å²) < 4.78 is 0. The quantitative estimate of drug-likeness (QED) is 0.736. The third kappa shape index (κ3) is 4.24. The first-order chi connectivity index (χ1) is 10.8. The summed E-state index contributed by atoms with van der Waals surface area (Å²) in [6, 6.07) is 16.6. The van der Waals surface area contributed by atoms with Crippen molar-refractivity contribution in [3.63, 3.8) is 0 Å². The number of hydrogen-bond acceptors (Lipinski definition) is 1. The van der Waals surface area contributed by atoms with Crippen LogP contribution < -0.4 is 0 Å². The smallest absolute Gasteiger partial charge is 0.100 e. The Morgan fingerprint density at radius 3 is 2.23 bits per heavy atom. The fourth-order valence-corrected chi connectivity index (χ4v) is 2.29. The molecule has 22 heavy (non-hydrogen) atoms. The van der Waals surface area contributed by atoms with Gasteiger partial charge in [0.15, 0.2) is 0 Å². The Bertz CT molecular complexity index is 721. The van der Waals surface area contributed by atoms with Crippen molar-refractivity contribution in [2.24, 2.45) is 0 Å². The third-order valence-corrected chi connectivity index (χ3v) is 3.73. The van der Waals surface area contributed by atoms with Gasteiger partial charge >= 0.3 is 0 Å². The van der Waals surface area contributed by atoms with E-state index in [4.69, 9.17) is 0 Å². The normalized spacial score (nSPS) is 9.68. The van der Waals surface area contributed by atoms with Gasteiger partial charge in [0, 0.05) is 11.1 Å². The lowest BCUT2D eigenvalue weighted by atomic mass is 10.0. The van der Waals surface area contributed by atoms with Gasteiger partial charge in [0.1, 0.15) is 6.07 Å². The molecule has 0 aliphatic rings. The van der Waals surface area contributed by atoms with E-state index in [0.717, 1.165) is 36.8 Å². The van der Waals surface area contributed by atoms with Gasteiger partial charge in [-0.2, -0.15) is 5.26 Å². The zero-order chi connectivity index (χ0) is 15.8. The molecule has 0 bridgehead atoms. The highest BCUT2D eigenvalue weighted by molar-refractivity contribution is 5.52. The number of unbranched alkanes of at least 4 members (excludes halogenated alkanes) is 1. The molecule has 2 aromatic carbocycles. The molecule has 0 unspecified atom stereocenters. The fraction of sp³-hybridized carbons (Fsp3) is 0.286. The van der Waals surface area contributed by atoms with Gasteiger partial charge in [0.2, 0.25) is 0 Å². The first-order valence-electron chi connectivity index (χ1n) is 7.90. The van der Waals surface area contributed by atoms with Gasteiger partial charge in [-0.3, -0.25) is 0 Å². The molecular weight excluding hydrogens is 266 g/mol. The van der Waals surface area contributed by atoms with Crippen molar-refractivity contribution < 1.29 is 0 Å². The topological polar surface area (TPSA) is 23.8 Å². The Hall–Kier alpha value is -2.51. The van der Waals surface area contributed by atoms with E-state index in [1.54, 1.807) is 0 Å². The van der Waals surface area contributed by atoms with E-state index in [-0.39, 0.29) is 0 Å². The molecule has 0 aliphatic heterocycles. The van der Waals surface area contributed by atoms with Crippen molar-refractivity contribution >= 4 is 0 Å². The minimum atomic E-state index is 0.672. The lowest BCUT2D eigenvalue weighted by Gasteiger charge is -2.02. The SMILES string of the molecule is CCCCc1ccc(C#Cc2ccc(CC)cc2)c(C#N)c1. The maximum absolute atomic E-state index is 9.32. The zero-order valence-corrected chi connectivity index (χ0v) is 13.3. The van der Waals surface area contributed by atoms with E-state index in [2.05, 4.69) is 50.0 Å². The zero-order valence-electron chi connectivity index (χ0n) is 13.3. The standard InChI is InChI=1S/C21H21N/c1-3-5-6-19-12-14-20(21(15-19)16-22)13-11-18-9-7-17(4-2)8-10-18/h7-10,12,14-15H,3-6H2,1-2H3. The van der Waals surface area contributed by atoms with E-state index in [9.17, 15) is 5.26 Å². The van der Waals surface area contributed by atoms with Gasteiger partial charge in [-0.25, -0.2) is 0 Å². The summed E-state index contributed by atoms with van der Waals surface area (Å²) in [5.41, 5.74) is 4.99. The maximum atomic E-state index is 9.32. The van der Waals surface area contributed by atoms with Crippen LogP contribution in [-0.2, 0) is 12.8 Å². The predicted molar refractivity (Wildman–Crippen MR) is 91.6 cm³/mol. The van der Waals surface area contributed by atoms with E-state index in [0.29, 0.717) is 5.56 Å². The minimum absolute atomic E-state index is 0.672. The van der Waals surface area contributed by atoms with Crippen molar-refractivity contribution in [1.29, 1.82) is 5.26 Å². The second kappa shape index (κ2) is 8.06. The van der Waals surface area contributed by atoms with Crippen molar-refractivity contribution in [3.8, 4) is 17.9 Å². The van der Waals surface area contributed by atoms with Crippen molar-refractivity contribution in [2.45, 2.75) is 39.5 Å². The lowest BCUT2D eigenvalue weighted by molar-refractivity contribution is 0.795. The molecule has 0 heterocycles. The molecule has 0 fully saturated rings. The molecule has 0 saturated carbocycles. The van der Waals surface area contributed by atoms with Crippen molar-refractivity contribution in [2.75, 3.05) is 0 Å². The Morgan fingerprint density at radius 1 is 0.864 bits per heavy atom. The highest BCUT2D eigenvalue weighted by Crippen LogP contribution is 2.13. The van der Waals surface area contributed by atoms with E-state index < -0.39 is 0 Å². The van der Waals surface area contributed by atoms with Gasteiger partial charge in [-0.15, -0.1) is 0 Å². The van der Waals surface area contributed by atoms with Crippen LogP contribution in [0, 0.1) is 23.2 Å². The molecule has 1 nitrogen and oxygen atoms in total. The maximum Gasteiger partial charge on any atom is 0.100 e. The molecule has 2 aromatic rings. The molecule has 0 spiro atoms. The number of rotatable bonds is 4. The summed E-state index contributed by atoms with van der Waals surface area (Å²) in [5, 5.41) is 9.32. The molecule has 0 amide bonds. The second-order valence-electron chi connectivity index (χ2n) is 5.40. The second-order valence-corrected chi connectivity index (χ2v) is 5.40. The molecule has 0 saturated heterocycles. The van der Waals surface area contributed by atoms with Crippen LogP contribution >= 0.6 is 0 Å². The Morgan fingerprint density at radius 2 is 1.59 bits per heavy atom. The van der Waals surface area contributed by atoms with Gasteiger partial charge in [-0.05, 0) is 54.7 Å². The predicted octanol–water partition coefficient (Wildman–Crippen LogP) is 4.86. The average Bonchev–Trinajstić information content (AvgIpc) is 2.58. The van der Waals surface area contributed by atoms with Crippen LogP contribution in [0.1, 0.15) is 54.5 Å².